The molecule has 0 aromatic heterocycles. The summed E-state index contributed by atoms with van der Waals surface area (Å²) in [4.78, 5) is 11.5. The highest BCUT2D eigenvalue weighted by atomic mass is 35.5. The van der Waals surface area contributed by atoms with E-state index in [0.717, 1.165) is 17.7 Å². The van der Waals surface area contributed by atoms with Crippen LogP contribution in [0, 0.1) is 6.92 Å². The number of carbonyl (C=O) groups excluding carboxylic acids is 1. The van der Waals surface area contributed by atoms with Gasteiger partial charge in [0, 0.05) is 43.9 Å². The maximum absolute atomic E-state index is 11.5. The molecule has 0 atom stereocenters. The summed E-state index contributed by atoms with van der Waals surface area (Å²) in [6.45, 7) is 3.92. The van der Waals surface area contributed by atoms with E-state index in [0.29, 0.717) is 31.1 Å². The first kappa shape index (κ1) is 15.8. The molecule has 0 aliphatic heterocycles. The number of carbonyl (C=O) groups is 1. The van der Waals surface area contributed by atoms with E-state index in [1.807, 2.05) is 25.1 Å². The van der Waals surface area contributed by atoms with Crippen LogP contribution in [0.25, 0.3) is 0 Å². The Hall–Kier alpha value is -1.26. The van der Waals surface area contributed by atoms with Gasteiger partial charge in [0.15, 0.2) is 0 Å². The second kappa shape index (κ2) is 8.77. The number of hydrogen-bond donors (Lipinski definition) is 2. The first-order chi connectivity index (χ1) is 9.13. The summed E-state index contributed by atoms with van der Waals surface area (Å²) < 4.78 is 4.91. The fraction of sp³-hybridized carbons (Fsp3) is 0.500. The zero-order chi connectivity index (χ0) is 14.1. The minimum absolute atomic E-state index is 0.0447. The fourth-order valence-electron chi connectivity index (χ4n) is 1.63. The highest BCUT2D eigenvalue weighted by molar-refractivity contribution is 6.30. The van der Waals surface area contributed by atoms with Crippen LogP contribution in [-0.4, -0.2) is 32.7 Å². The molecule has 0 saturated heterocycles. The molecule has 19 heavy (non-hydrogen) atoms. The Labute approximate surface area is 119 Å². The molecular weight excluding hydrogens is 264 g/mol. The highest BCUT2D eigenvalue weighted by Gasteiger charge is 2.02. The first-order valence-corrected chi connectivity index (χ1v) is 6.77. The monoisotopic (exact) mass is 284 g/mol. The van der Waals surface area contributed by atoms with Crippen molar-refractivity contribution in [3.05, 3.63) is 28.8 Å². The standard InChI is InChI=1S/C14H21ClN2O2/c1-11-4-5-12(15)10-13(11)16-8-6-14(18)17-7-3-9-19-2/h4-5,10,16H,3,6-9H2,1-2H3,(H,17,18). The van der Waals surface area contributed by atoms with Gasteiger partial charge in [0.2, 0.25) is 5.91 Å². The van der Waals surface area contributed by atoms with Crippen molar-refractivity contribution >= 4 is 23.2 Å². The van der Waals surface area contributed by atoms with E-state index < -0.39 is 0 Å². The van der Waals surface area contributed by atoms with E-state index in [2.05, 4.69) is 10.6 Å². The number of methoxy groups -OCH3 is 1. The number of anilines is 1. The van der Waals surface area contributed by atoms with Gasteiger partial charge >= 0.3 is 0 Å². The average Bonchev–Trinajstić information content (AvgIpc) is 2.39. The van der Waals surface area contributed by atoms with Crippen LogP contribution in [0.4, 0.5) is 5.69 Å². The molecule has 1 aromatic carbocycles. The molecule has 0 aliphatic carbocycles. The van der Waals surface area contributed by atoms with Crippen LogP contribution in [0.2, 0.25) is 5.02 Å². The van der Waals surface area contributed by atoms with Crippen LogP contribution in [0.3, 0.4) is 0 Å². The van der Waals surface area contributed by atoms with Gasteiger partial charge in [-0.05, 0) is 31.0 Å². The molecule has 4 nitrogen and oxygen atoms in total. The van der Waals surface area contributed by atoms with Gasteiger partial charge in [0.05, 0.1) is 0 Å². The molecule has 0 spiro atoms. The minimum atomic E-state index is 0.0447. The van der Waals surface area contributed by atoms with Gasteiger partial charge in [0.1, 0.15) is 0 Å². The Morgan fingerprint density at radius 3 is 2.89 bits per heavy atom. The lowest BCUT2D eigenvalue weighted by molar-refractivity contribution is -0.120. The molecule has 1 aromatic rings. The van der Waals surface area contributed by atoms with Crippen molar-refractivity contribution in [1.29, 1.82) is 0 Å². The molecule has 2 N–H and O–H groups in total. The van der Waals surface area contributed by atoms with Gasteiger partial charge in [0.25, 0.3) is 0 Å². The molecule has 0 fully saturated rings. The SMILES string of the molecule is COCCCNC(=O)CCNc1cc(Cl)ccc1C. The molecule has 0 aliphatic rings. The molecule has 1 rings (SSSR count). The zero-order valence-electron chi connectivity index (χ0n) is 11.5. The second-order valence-corrected chi connectivity index (χ2v) is 4.77. The summed E-state index contributed by atoms with van der Waals surface area (Å²) in [5.74, 6) is 0.0447. The molecular formula is C14H21ClN2O2. The summed E-state index contributed by atoms with van der Waals surface area (Å²) in [7, 11) is 1.65. The number of hydrogen-bond acceptors (Lipinski definition) is 3. The molecule has 106 valence electrons. The third-order valence-corrected chi connectivity index (χ3v) is 2.95. The lowest BCUT2D eigenvalue weighted by Gasteiger charge is -2.10. The Bertz CT molecular complexity index is 410. The topological polar surface area (TPSA) is 50.4 Å². The summed E-state index contributed by atoms with van der Waals surface area (Å²) in [5.41, 5.74) is 2.09. The Morgan fingerprint density at radius 1 is 1.37 bits per heavy atom. The van der Waals surface area contributed by atoms with Crippen molar-refractivity contribution in [2.24, 2.45) is 0 Å². The molecule has 0 bridgehead atoms. The zero-order valence-corrected chi connectivity index (χ0v) is 12.2. The molecule has 1 amide bonds. The third-order valence-electron chi connectivity index (χ3n) is 2.71. The number of aryl methyl sites for hydroxylation is 1. The van der Waals surface area contributed by atoms with Crippen molar-refractivity contribution in [2.45, 2.75) is 19.8 Å². The van der Waals surface area contributed by atoms with E-state index in [1.54, 1.807) is 7.11 Å². The Morgan fingerprint density at radius 2 is 2.16 bits per heavy atom. The number of benzene rings is 1. The Kier molecular flexibility index (Phi) is 7.30. The predicted octanol–water partition coefficient (Wildman–Crippen LogP) is 2.60. The van der Waals surface area contributed by atoms with E-state index in [4.69, 9.17) is 16.3 Å². The average molecular weight is 285 g/mol. The van der Waals surface area contributed by atoms with Gasteiger partial charge in [-0.15, -0.1) is 0 Å². The number of halogens is 1. The Balaban J connectivity index is 2.22. The fourth-order valence-corrected chi connectivity index (χ4v) is 1.80. The van der Waals surface area contributed by atoms with E-state index in [9.17, 15) is 4.79 Å². The third kappa shape index (κ3) is 6.45. The van der Waals surface area contributed by atoms with Crippen LogP contribution >= 0.6 is 11.6 Å². The van der Waals surface area contributed by atoms with Crippen LogP contribution in [0.5, 0.6) is 0 Å². The van der Waals surface area contributed by atoms with Gasteiger partial charge in [-0.1, -0.05) is 17.7 Å². The largest absolute Gasteiger partial charge is 0.385 e. The van der Waals surface area contributed by atoms with Crippen molar-refractivity contribution in [3.63, 3.8) is 0 Å². The summed E-state index contributed by atoms with van der Waals surface area (Å²) in [5, 5.41) is 6.75. The second-order valence-electron chi connectivity index (χ2n) is 4.33. The molecule has 0 heterocycles. The lowest BCUT2D eigenvalue weighted by Crippen LogP contribution is -2.26. The van der Waals surface area contributed by atoms with Crippen LogP contribution in [0.1, 0.15) is 18.4 Å². The maximum Gasteiger partial charge on any atom is 0.221 e. The molecule has 0 saturated carbocycles. The number of amides is 1. The van der Waals surface area contributed by atoms with Crippen LogP contribution in [-0.2, 0) is 9.53 Å². The van der Waals surface area contributed by atoms with Crippen molar-refractivity contribution < 1.29 is 9.53 Å². The van der Waals surface area contributed by atoms with Crippen molar-refractivity contribution in [3.8, 4) is 0 Å². The van der Waals surface area contributed by atoms with Crippen LogP contribution < -0.4 is 10.6 Å². The van der Waals surface area contributed by atoms with Crippen molar-refractivity contribution in [1.82, 2.24) is 5.32 Å². The highest BCUT2D eigenvalue weighted by Crippen LogP contribution is 2.19. The molecule has 0 unspecified atom stereocenters. The number of rotatable bonds is 8. The van der Waals surface area contributed by atoms with Crippen LogP contribution in [0.15, 0.2) is 18.2 Å². The van der Waals surface area contributed by atoms with E-state index in [-0.39, 0.29) is 5.91 Å². The van der Waals surface area contributed by atoms with Gasteiger partial charge in [-0.25, -0.2) is 0 Å². The quantitative estimate of drug-likeness (QED) is 0.722. The predicted molar refractivity (Wildman–Crippen MR) is 78.8 cm³/mol. The lowest BCUT2D eigenvalue weighted by atomic mass is 10.2. The van der Waals surface area contributed by atoms with Gasteiger partial charge < -0.3 is 15.4 Å². The normalized spacial score (nSPS) is 10.3. The smallest absolute Gasteiger partial charge is 0.221 e. The molecule has 5 heteroatoms. The maximum atomic E-state index is 11.5. The summed E-state index contributed by atoms with van der Waals surface area (Å²) in [6, 6.07) is 5.67. The van der Waals surface area contributed by atoms with Gasteiger partial charge in [-0.3, -0.25) is 4.79 Å². The van der Waals surface area contributed by atoms with E-state index in [1.165, 1.54) is 0 Å². The van der Waals surface area contributed by atoms with Gasteiger partial charge in [-0.2, -0.15) is 0 Å². The number of ether oxygens (including phenoxy) is 1. The van der Waals surface area contributed by atoms with Crippen molar-refractivity contribution in [2.75, 3.05) is 32.1 Å². The summed E-state index contributed by atoms with van der Waals surface area (Å²) >= 11 is 5.93. The number of nitrogens with one attached hydrogen (secondary N) is 2. The molecule has 0 radical (unpaired) electrons. The minimum Gasteiger partial charge on any atom is -0.385 e. The first-order valence-electron chi connectivity index (χ1n) is 6.39. The van der Waals surface area contributed by atoms with E-state index >= 15 is 0 Å². The summed E-state index contributed by atoms with van der Waals surface area (Å²) in [6.07, 6.45) is 1.28.